The summed E-state index contributed by atoms with van der Waals surface area (Å²) >= 11 is 0. The maximum Gasteiger partial charge on any atom is 0.161 e. The Morgan fingerprint density at radius 1 is 0.952 bits per heavy atom. The largest absolute Gasteiger partial charge is 0.490 e. The second-order valence-electron chi connectivity index (χ2n) is 5.39. The van der Waals surface area contributed by atoms with Crippen molar-refractivity contribution in [1.82, 2.24) is 0 Å². The van der Waals surface area contributed by atoms with Crippen molar-refractivity contribution in [2.24, 2.45) is 5.73 Å². The Morgan fingerprint density at radius 2 is 1.71 bits per heavy atom. The highest BCUT2D eigenvalue weighted by Crippen LogP contribution is 2.31. The van der Waals surface area contributed by atoms with Gasteiger partial charge in [0.2, 0.25) is 0 Å². The summed E-state index contributed by atoms with van der Waals surface area (Å²) in [5, 5.41) is 0. The number of ether oxygens (including phenoxy) is 2. The van der Waals surface area contributed by atoms with Crippen LogP contribution in [0.2, 0.25) is 0 Å². The topological polar surface area (TPSA) is 44.5 Å². The van der Waals surface area contributed by atoms with Gasteiger partial charge in [-0.25, -0.2) is 0 Å². The molecule has 2 N–H and O–H groups in total. The Kier molecular flexibility index (Phi) is 4.41. The van der Waals surface area contributed by atoms with Crippen LogP contribution in [0.5, 0.6) is 11.5 Å². The standard InChI is InChI=1S/C18H21NO2/c19-16(15-5-2-1-3-6-15)9-7-14-8-10-17-18(13-14)21-12-4-11-20-17/h1-3,5-6,8,10,13,16H,4,7,9,11-12,19H2. The first-order chi connectivity index (χ1) is 10.3. The van der Waals surface area contributed by atoms with Gasteiger partial charge in [0.25, 0.3) is 0 Å². The molecule has 3 rings (SSSR count). The molecule has 1 aliphatic rings. The molecule has 3 nitrogen and oxygen atoms in total. The first-order valence-electron chi connectivity index (χ1n) is 7.52. The highest BCUT2D eigenvalue weighted by atomic mass is 16.5. The van der Waals surface area contributed by atoms with Gasteiger partial charge in [-0.05, 0) is 36.1 Å². The summed E-state index contributed by atoms with van der Waals surface area (Å²) in [6, 6.07) is 16.5. The van der Waals surface area contributed by atoms with E-state index >= 15 is 0 Å². The van der Waals surface area contributed by atoms with Crippen LogP contribution in [-0.4, -0.2) is 13.2 Å². The molecule has 2 aromatic rings. The Balaban J connectivity index is 1.64. The zero-order valence-corrected chi connectivity index (χ0v) is 12.1. The second kappa shape index (κ2) is 6.64. The van der Waals surface area contributed by atoms with E-state index in [9.17, 15) is 0 Å². The summed E-state index contributed by atoms with van der Waals surface area (Å²) in [6.07, 6.45) is 2.79. The molecule has 0 aliphatic carbocycles. The van der Waals surface area contributed by atoms with Crippen molar-refractivity contribution in [3.63, 3.8) is 0 Å². The predicted octanol–water partition coefficient (Wildman–Crippen LogP) is 3.48. The number of hydrogen-bond acceptors (Lipinski definition) is 3. The molecule has 0 radical (unpaired) electrons. The molecule has 1 aliphatic heterocycles. The van der Waals surface area contributed by atoms with Gasteiger partial charge in [0.05, 0.1) is 13.2 Å². The maximum absolute atomic E-state index is 6.25. The number of aryl methyl sites for hydroxylation is 1. The summed E-state index contributed by atoms with van der Waals surface area (Å²) in [5.41, 5.74) is 8.68. The third kappa shape index (κ3) is 3.56. The van der Waals surface area contributed by atoms with Gasteiger partial charge in [-0.2, -0.15) is 0 Å². The molecule has 2 aromatic carbocycles. The Hall–Kier alpha value is -2.00. The van der Waals surface area contributed by atoms with E-state index in [0.29, 0.717) is 0 Å². The maximum atomic E-state index is 6.25. The van der Waals surface area contributed by atoms with Crippen LogP contribution in [0, 0.1) is 0 Å². The van der Waals surface area contributed by atoms with Gasteiger partial charge in [-0.15, -0.1) is 0 Å². The quantitative estimate of drug-likeness (QED) is 0.934. The minimum Gasteiger partial charge on any atom is -0.490 e. The molecule has 0 saturated carbocycles. The third-order valence-electron chi connectivity index (χ3n) is 3.78. The highest BCUT2D eigenvalue weighted by Gasteiger charge is 2.11. The Labute approximate surface area is 125 Å². The minimum atomic E-state index is 0.0715. The minimum absolute atomic E-state index is 0.0715. The summed E-state index contributed by atoms with van der Waals surface area (Å²) < 4.78 is 11.4. The summed E-state index contributed by atoms with van der Waals surface area (Å²) in [6.45, 7) is 1.45. The van der Waals surface area contributed by atoms with Crippen molar-refractivity contribution in [2.45, 2.75) is 25.3 Å². The molecule has 21 heavy (non-hydrogen) atoms. The molecule has 0 saturated heterocycles. The fourth-order valence-electron chi connectivity index (χ4n) is 2.55. The molecule has 1 heterocycles. The van der Waals surface area contributed by atoms with E-state index in [4.69, 9.17) is 15.2 Å². The number of fused-ring (bicyclic) bond motifs is 1. The fourth-order valence-corrected chi connectivity index (χ4v) is 2.55. The lowest BCUT2D eigenvalue weighted by Crippen LogP contribution is -2.11. The van der Waals surface area contributed by atoms with E-state index in [-0.39, 0.29) is 6.04 Å². The number of nitrogens with two attached hydrogens (primary N) is 1. The Bertz CT molecular complexity index is 583. The average molecular weight is 283 g/mol. The summed E-state index contributed by atoms with van der Waals surface area (Å²) in [5.74, 6) is 1.71. The van der Waals surface area contributed by atoms with E-state index in [2.05, 4.69) is 24.3 Å². The molecule has 0 spiro atoms. The van der Waals surface area contributed by atoms with Crippen molar-refractivity contribution in [1.29, 1.82) is 0 Å². The molecule has 0 bridgehead atoms. The SMILES string of the molecule is NC(CCc1ccc2c(c1)OCCCO2)c1ccccc1. The van der Waals surface area contributed by atoms with Crippen molar-refractivity contribution < 1.29 is 9.47 Å². The number of hydrogen-bond donors (Lipinski definition) is 1. The van der Waals surface area contributed by atoms with Crippen LogP contribution in [0.1, 0.15) is 30.0 Å². The van der Waals surface area contributed by atoms with Crippen LogP contribution in [-0.2, 0) is 6.42 Å². The average Bonchev–Trinajstić information content (AvgIpc) is 2.78. The van der Waals surface area contributed by atoms with Crippen molar-refractivity contribution >= 4 is 0 Å². The van der Waals surface area contributed by atoms with E-state index in [1.807, 2.05) is 24.3 Å². The first-order valence-corrected chi connectivity index (χ1v) is 7.52. The molecule has 3 heteroatoms. The van der Waals surface area contributed by atoms with Crippen molar-refractivity contribution in [3.8, 4) is 11.5 Å². The lowest BCUT2D eigenvalue weighted by molar-refractivity contribution is 0.297. The molecule has 0 aromatic heterocycles. The van der Waals surface area contributed by atoms with Gasteiger partial charge < -0.3 is 15.2 Å². The zero-order chi connectivity index (χ0) is 14.5. The van der Waals surface area contributed by atoms with E-state index < -0.39 is 0 Å². The van der Waals surface area contributed by atoms with Crippen LogP contribution in [0.25, 0.3) is 0 Å². The summed E-state index contributed by atoms with van der Waals surface area (Å²) in [4.78, 5) is 0. The molecular formula is C18H21NO2. The van der Waals surface area contributed by atoms with Crippen molar-refractivity contribution in [3.05, 3.63) is 59.7 Å². The lowest BCUT2D eigenvalue weighted by atomic mass is 9.99. The Morgan fingerprint density at radius 3 is 2.52 bits per heavy atom. The molecule has 110 valence electrons. The number of benzene rings is 2. The van der Waals surface area contributed by atoms with E-state index in [1.54, 1.807) is 0 Å². The van der Waals surface area contributed by atoms with Gasteiger partial charge in [0.15, 0.2) is 11.5 Å². The fraction of sp³-hybridized carbons (Fsp3) is 0.333. The van der Waals surface area contributed by atoms with Gasteiger partial charge in [-0.1, -0.05) is 36.4 Å². The van der Waals surface area contributed by atoms with E-state index in [1.165, 1.54) is 11.1 Å². The van der Waals surface area contributed by atoms with Gasteiger partial charge in [0, 0.05) is 12.5 Å². The highest BCUT2D eigenvalue weighted by molar-refractivity contribution is 5.43. The van der Waals surface area contributed by atoms with Crippen LogP contribution in [0.3, 0.4) is 0 Å². The van der Waals surface area contributed by atoms with E-state index in [0.717, 1.165) is 44.0 Å². The molecule has 0 amide bonds. The molecule has 1 atom stereocenters. The molecule has 0 fully saturated rings. The second-order valence-corrected chi connectivity index (χ2v) is 5.39. The van der Waals surface area contributed by atoms with Crippen LogP contribution in [0.4, 0.5) is 0 Å². The summed E-state index contributed by atoms with van der Waals surface area (Å²) in [7, 11) is 0. The zero-order valence-electron chi connectivity index (χ0n) is 12.1. The van der Waals surface area contributed by atoms with Gasteiger partial charge in [-0.3, -0.25) is 0 Å². The molecule has 1 unspecified atom stereocenters. The normalized spacial score (nSPS) is 15.3. The van der Waals surface area contributed by atoms with Gasteiger partial charge >= 0.3 is 0 Å². The van der Waals surface area contributed by atoms with Crippen LogP contribution >= 0.6 is 0 Å². The monoisotopic (exact) mass is 283 g/mol. The van der Waals surface area contributed by atoms with Crippen molar-refractivity contribution in [2.75, 3.05) is 13.2 Å². The number of rotatable bonds is 4. The van der Waals surface area contributed by atoms with Crippen LogP contribution in [0.15, 0.2) is 48.5 Å². The first kappa shape index (κ1) is 14.0. The van der Waals surface area contributed by atoms with Gasteiger partial charge in [0.1, 0.15) is 0 Å². The van der Waals surface area contributed by atoms with Crippen LogP contribution < -0.4 is 15.2 Å². The molecular weight excluding hydrogens is 262 g/mol. The predicted molar refractivity (Wildman–Crippen MR) is 83.7 cm³/mol. The lowest BCUT2D eigenvalue weighted by Gasteiger charge is -2.13. The smallest absolute Gasteiger partial charge is 0.161 e. The third-order valence-corrected chi connectivity index (χ3v) is 3.78.